The maximum absolute atomic E-state index is 10.8. The molecule has 116 valence electrons. The second-order valence-electron chi connectivity index (χ2n) is 5.92. The van der Waals surface area contributed by atoms with Crippen LogP contribution in [0.2, 0.25) is 5.02 Å². The van der Waals surface area contributed by atoms with Crippen LogP contribution in [0.4, 0.5) is 5.69 Å². The summed E-state index contributed by atoms with van der Waals surface area (Å²) >= 11 is 6.12. The van der Waals surface area contributed by atoms with Gasteiger partial charge in [0.15, 0.2) is 0 Å². The molecule has 1 fully saturated rings. The van der Waals surface area contributed by atoms with E-state index in [4.69, 9.17) is 11.6 Å². The highest BCUT2D eigenvalue weighted by Crippen LogP contribution is 2.28. The van der Waals surface area contributed by atoms with Crippen molar-refractivity contribution in [3.8, 4) is 0 Å². The van der Waals surface area contributed by atoms with Crippen molar-refractivity contribution >= 4 is 17.3 Å². The summed E-state index contributed by atoms with van der Waals surface area (Å²) in [6, 6.07) is 5.13. The molecule has 0 bridgehead atoms. The van der Waals surface area contributed by atoms with Crippen molar-refractivity contribution in [1.82, 2.24) is 5.32 Å². The number of non-ortho nitro benzene ring substituents is 1. The fraction of sp³-hybridized carbons (Fsp3) is 0.625. The molecule has 0 aromatic heterocycles. The van der Waals surface area contributed by atoms with Gasteiger partial charge in [0.25, 0.3) is 5.69 Å². The first-order valence-corrected chi connectivity index (χ1v) is 8.14. The quantitative estimate of drug-likeness (QED) is 0.612. The molecule has 1 aliphatic rings. The molecule has 0 atom stereocenters. The molecule has 0 radical (unpaired) electrons. The van der Waals surface area contributed by atoms with E-state index in [-0.39, 0.29) is 10.6 Å². The Morgan fingerprint density at radius 3 is 2.67 bits per heavy atom. The van der Waals surface area contributed by atoms with Gasteiger partial charge in [-0.15, -0.1) is 0 Å². The topological polar surface area (TPSA) is 55.2 Å². The number of nitro benzene ring substituents is 1. The number of benzene rings is 1. The van der Waals surface area contributed by atoms with Crippen LogP contribution in [0.15, 0.2) is 18.2 Å². The summed E-state index contributed by atoms with van der Waals surface area (Å²) in [6.45, 7) is 2.85. The monoisotopic (exact) mass is 310 g/mol. The minimum Gasteiger partial charge on any atom is -0.310 e. The number of hydrogen-bond donors (Lipinski definition) is 1. The Balaban J connectivity index is 1.86. The van der Waals surface area contributed by atoms with E-state index in [1.54, 1.807) is 12.1 Å². The van der Waals surface area contributed by atoms with Crippen LogP contribution in [0.5, 0.6) is 0 Å². The second-order valence-corrected chi connectivity index (χ2v) is 6.33. The van der Waals surface area contributed by atoms with Gasteiger partial charge in [0.1, 0.15) is 0 Å². The number of rotatable bonds is 6. The van der Waals surface area contributed by atoms with Crippen LogP contribution < -0.4 is 5.32 Å². The molecule has 5 heteroatoms. The van der Waals surface area contributed by atoms with Gasteiger partial charge in [0.2, 0.25) is 0 Å². The Hall–Kier alpha value is -1.13. The molecule has 21 heavy (non-hydrogen) atoms. The fourth-order valence-electron chi connectivity index (χ4n) is 3.13. The van der Waals surface area contributed by atoms with Gasteiger partial charge >= 0.3 is 0 Å². The number of hydrogen-bond acceptors (Lipinski definition) is 3. The molecule has 1 aromatic rings. The van der Waals surface area contributed by atoms with Crippen molar-refractivity contribution in [3.63, 3.8) is 0 Å². The normalized spacial score (nSPS) is 22.2. The molecule has 1 aromatic carbocycles. The van der Waals surface area contributed by atoms with Crippen molar-refractivity contribution in [1.29, 1.82) is 0 Å². The third kappa shape index (κ3) is 4.68. The van der Waals surface area contributed by atoms with Gasteiger partial charge in [-0.25, -0.2) is 0 Å². The third-order valence-electron chi connectivity index (χ3n) is 4.36. The zero-order valence-electron chi connectivity index (χ0n) is 12.5. The summed E-state index contributed by atoms with van der Waals surface area (Å²) in [7, 11) is 0. The Morgan fingerprint density at radius 1 is 1.33 bits per heavy atom. The molecule has 0 aliphatic heterocycles. The van der Waals surface area contributed by atoms with E-state index in [1.165, 1.54) is 44.6 Å². The van der Waals surface area contributed by atoms with Crippen molar-refractivity contribution in [2.45, 2.75) is 58.0 Å². The average Bonchev–Trinajstić information content (AvgIpc) is 2.48. The molecule has 1 saturated carbocycles. The molecule has 1 aliphatic carbocycles. The molecule has 4 nitrogen and oxygen atoms in total. The smallest absolute Gasteiger partial charge is 0.269 e. The van der Waals surface area contributed by atoms with Crippen molar-refractivity contribution < 1.29 is 4.92 Å². The molecule has 0 heterocycles. The molecule has 0 saturated heterocycles. The highest BCUT2D eigenvalue weighted by molar-refractivity contribution is 6.31. The van der Waals surface area contributed by atoms with Crippen molar-refractivity contribution in [2.24, 2.45) is 5.92 Å². The van der Waals surface area contributed by atoms with Crippen LogP contribution in [0.3, 0.4) is 0 Å². The van der Waals surface area contributed by atoms with Crippen LogP contribution in [0.25, 0.3) is 0 Å². The highest BCUT2D eigenvalue weighted by atomic mass is 35.5. The van der Waals surface area contributed by atoms with E-state index in [0.29, 0.717) is 17.6 Å². The van der Waals surface area contributed by atoms with E-state index in [2.05, 4.69) is 12.2 Å². The Kier molecular flexibility index (Phi) is 6.00. The summed E-state index contributed by atoms with van der Waals surface area (Å²) in [5.74, 6) is 0.884. The third-order valence-corrected chi connectivity index (χ3v) is 4.73. The van der Waals surface area contributed by atoms with Gasteiger partial charge in [-0.1, -0.05) is 31.4 Å². The van der Waals surface area contributed by atoms with E-state index in [9.17, 15) is 10.1 Å². The number of halogens is 1. The second kappa shape index (κ2) is 7.76. The predicted octanol–water partition coefficient (Wildman–Crippen LogP) is 4.70. The van der Waals surface area contributed by atoms with Crippen LogP contribution >= 0.6 is 11.6 Å². The summed E-state index contributed by atoms with van der Waals surface area (Å²) in [6.07, 6.45) is 7.56. The number of nitrogens with zero attached hydrogens (tertiary/aromatic N) is 1. The molecule has 0 unspecified atom stereocenters. The first kappa shape index (κ1) is 16.2. The van der Waals surface area contributed by atoms with E-state index >= 15 is 0 Å². The van der Waals surface area contributed by atoms with Gasteiger partial charge in [-0.3, -0.25) is 10.1 Å². The zero-order valence-corrected chi connectivity index (χ0v) is 13.2. The van der Waals surface area contributed by atoms with Crippen LogP contribution in [0, 0.1) is 16.0 Å². The van der Waals surface area contributed by atoms with Gasteiger partial charge in [-0.2, -0.15) is 0 Å². The van der Waals surface area contributed by atoms with Crippen molar-refractivity contribution in [3.05, 3.63) is 38.9 Å². The minimum absolute atomic E-state index is 0.0999. The summed E-state index contributed by atoms with van der Waals surface area (Å²) in [4.78, 5) is 10.4. The predicted molar refractivity (Wildman–Crippen MR) is 85.6 cm³/mol. The van der Waals surface area contributed by atoms with Crippen LogP contribution in [0.1, 0.15) is 51.0 Å². The lowest BCUT2D eigenvalue weighted by molar-refractivity contribution is -0.384. The first-order chi connectivity index (χ1) is 10.1. The first-order valence-electron chi connectivity index (χ1n) is 7.76. The Labute approximate surface area is 131 Å². The molecule has 0 amide bonds. The maximum Gasteiger partial charge on any atom is 0.269 e. The minimum atomic E-state index is -0.379. The molecular formula is C16H23ClN2O2. The SMILES string of the molecule is CCCC1CCC(NCc2cc([N+](=O)[O-])ccc2Cl)CC1. The zero-order chi connectivity index (χ0) is 15.2. The summed E-state index contributed by atoms with van der Waals surface area (Å²) < 4.78 is 0. The summed E-state index contributed by atoms with van der Waals surface area (Å²) in [5, 5.41) is 14.9. The van der Waals surface area contributed by atoms with Crippen LogP contribution in [-0.4, -0.2) is 11.0 Å². The van der Waals surface area contributed by atoms with Crippen LogP contribution in [-0.2, 0) is 6.54 Å². The number of nitrogens with one attached hydrogen (secondary N) is 1. The largest absolute Gasteiger partial charge is 0.310 e. The van der Waals surface area contributed by atoms with Gasteiger partial charge in [0.05, 0.1) is 4.92 Å². The Morgan fingerprint density at radius 2 is 2.05 bits per heavy atom. The van der Waals surface area contributed by atoms with E-state index in [0.717, 1.165) is 11.5 Å². The van der Waals surface area contributed by atoms with Gasteiger partial charge < -0.3 is 5.32 Å². The highest BCUT2D eigenvalue weighted by Gasteiger charge is 2.20. The van der Waals surface area contributed by atoms with E-state index < -0.39 is 0 Å². The molecule has 0 spiro atoms. The average molecular weight is 311 g/mol. The lowest BCUT2D eigenvalue weighted by atomic mass is 9.83. The van der Waals surface area contributed by atoms with E-state index in [1.807, 2.05) is 0 Å². The maximum atomic E-state index is 10.8. The standard InChI is InChI=1S/C16H23ClN2O2/c1-2-3-12-4-6-14(7-5-12)18-11-13-10-15(19(20)21)8-9-16(13)17/h8-10,12,14,18H,2-7,11H2,1H3. The molecular weight excluding hydrogens is 288 g/mol. The van der Waals surface area contributed by atoms with Gasteiger partial charge in [-0.05, 0) is 43.2 Å². The lowest BCUT2D eigenvalue weighted by Gasteiger charge is -2.29. The molecule has 2 rings (SSSR count). The summed E-state index contributed by atoms with van der Waals surface area (Å²) in [5.41, 5.74) is 0.907. The Bertz CT molecular complexity index is 485. The lowest BCUT2D eigenvalue weighted by Crippen LogP contribution is -2.32. The fourth-order valence-corrected chi connectivity index (χ4v) is 3.31. The molecule has 1 N–H and O–H groups in total. The van der Waals surface area contributed by atoms with Gasteiger partial charge in [0, 0.05) is 29.7 Å². The van der Waals surface area contributed by atoms with Crippen molar-refractivity contribution in [2.75, 3.05) is 0 Å². The number of nitro groups is 1.